The summed E-state index contributed by atoms with van der Waals surface area (Å²) in [5.41, 5.74) is 2.90. The second kappa shape index (κ2) is 9.11. The highest BCUT2D eigenvalue weighted by Crippen LogP contribution is 2.33. The minimum Gasteiger partial charge on any atom is -0.497 e. The van der Waals surface area contributed by atoms with Crippen LogP contribution in [-0.4, -0.2) is 40.2 Å². The van der Waals surface area contributed by atoms with Gasteiger partial charge in [-0.05, 0) is 35.9 Å². The third kappa shape index (κ3) is 4.29. The number of aromatic nitrogens is 2. The van der Waals surface area contributed by atoms with E-state index in [2.05, 4.69) is 10.3 Å². The fourth-order valence-electron chi connectivity index (χ4n) is 3.62. The van der Waals surface area contributed by atoms with E-state index in [-0.39, 0.29) is 11.1 Å². The maximum absolute atomic E-state index is 12.5. The van der Waals surface area contributed by atoms with E-state index in [0.29, 0.717) is 18.2 Å². The van der Waals surface area contributed by atoms with Crippen LogP contribution in [0, 0.1) is 0 Å². The maximum Gasteiger partial charge on any atom is 0.336 e. The van der Waals surface area contributed by atoms with Gasteiger partial charge in [0.15, 0.2) is 0 Å². The number of carboxylic acids is 1. The molecule has 7 nitrogen and oxygen atoms in total. The monoisotopic (exact) mass is 449 g/mol. The summed E-state index contributed by atoms with van der Waals surface area (Å²) < 4.78 is 7.33. The lowest BCUT2D eigenvalue weighted by atomic mass is 10.1. The quantitative estimate of drug-likeness (QED) is 0.405. The summed E-state index contributed by atoms with van der Waals surface area (Å²) in [5.74, 6) is -0.834. The topological polar surface area (TPSA) is 93.5 Å². The number of hydrogen-bond acceptors (Lipinski definition) is 4. The molecular weight excluding hydrogens is 430 g/mol. The third-order valence-electron chi connectivity index (χ3n) is 5.15. The molecular formula is C24H20ClN3O4. The van der Waals surface area contributed by atoms with Crippen molar-refractivity contribution in [3.05, 3.63) is 83.3 Å². The highest BCUT2D eigenvalue weighted by Gasteiger charge is 2.16. The molecule has 8 heteroatoms. The molecule has 0 aliphatic carbocycles. The van der Waals surface area contributed by atoms with Crippen LogP contribution in [0.3, 0.4) is 0 Å². The lowest BCUT2D eigenvalue weighted by molar-refractivity contribution is 0.0691. The first-order valence-corrected chi connectivity index (χ1v) is 10.2. The zero-order chi connectivity index (χ0) is 22.7. The van der Waals surface area contributed by atoms with Crippen molar-refractivity contribution in [3.8, 4) is 16.9 Å². The second-order valence-electron chi connectivity index (χ2n) is 7.10. The first kappa shape index (κ1) is 21.4. The summed E-state index contributed by atoms with van der Waals surface area (Å²) in [6.45, 7) is 0.760. The molecule has 0 bridgehead atoms. The van der Waals surface area contributed by atoms with E-state index >= 15 is 0 Å². The summed E-state index contributed by atoms with van der Waals surface area (Å²) in [6.07, 6.45) is 3.71. The van der Waals surface area contributed by atoms with E-state index in [4.69, 9.17) is 16.3 Å². The predicted octanol–water partition coefficient (Wildman–Crippen LogP) is 4.49. The van der Waals surface area contributed by atoms with Crippen LogP contribution in [0.5, 0.6) is 5.75 Å². The van der Waals surface area contributed by atoms with Crippen molar-refractivity contribution in [3.63, 3.8) is 0 Å². The molecule has 2 aromatic heterocycles. The van der Waals surface area contributed by atoms with Gasteiger partial charge in [0.1, 0.15) is 10.9 Å². The minimum atomic E-state index is -1.14. The van der Waals surface area contributed by atoms with Crippen molar-refractivity contribution in [2.24, 2.45) is 0 Å². The zero-order valence-corrected chi connectivity index (χ0v) is 18.0. The van der Waals surface area contributed by atoms with Crippen LogP contribution in [0.25, 0.3) is 22.0 Å². The highest BCUT2D eigenvalue weighted by molar-refractivity contribution is 6.30. The Morgan fingerprint density at radius 3 is 2.66 bits per heavy atom. The molecule has 2 aromatic carbocycles. The number of methoxy groups -OCH3 is 1. The number of hydrogen-bond donors (Lipinski definition) is 2. The molecule has 0 aliphatic rings. The van der Waals surface area contributed by atoms with Crippen molar-refractivity contribution in [1.29, 1.82) is 0 Å². The Hall–Kier alpha value is -3.84. The highest BCUT2D eigenvalue weighted by atomic mass is 35.5. The Labute approximate surface area is 189 Å². The van der Waals surface area contributed by atoms with Gasteiger partial charge in [-0.25, -0.2) is 9.78 Å². The Bertz CT molecular complexity index is 1320. The van der Waals surface area contributed by atoms with Crippen LogP contribution in [-0.2, 0) is 6.54 Å². The van der Waals surface area contributed by atoms with E-state index in [9.17, 15) is 14.7 Å². The fourth-order valence-corrected chi connectivity index (χ4v) is 3.77. The summed E-state index contributed by atoms with van der Waals surface area (Å²) in [4.78, 5) is 28.1. The molecule has 1 amide bonds. The van der Waals surface area contributed by atoms with Crippen molar-refractivity contribution >= 4 is 34.4 Å². The van der Waals surface area contributed by atoms with Crippen molar-refractivity contribution in [2.75, 3.05) is 13.7 Å². The number of carboxylic acid groups (broad SMARTS) is 1. The summed E-state index contributed by atoms with van der Waals surface area (Å²) in [5, 5.41) is 13.4. The van der Waals surface area contributed by atoms with Crippen LogP contribution in [0.1, 0.15) is 20.7 Å². The van der Waals surface area contributed by atoms with Gasteiger partial charge in [-0.3, -0.25) is 4.79 Å². The van der Waals surface area contributed by atoms with E-state index in [1.165, 1.54) is 12.1 Å². The van der Waals surface area contributed by atoms with Crippen molar-refractivity contribution in [1.82, 2.24) is 14.9 Å². The molecule has 2 heterocycles. The number of ether oxygens (including phenoxy) is 1. The number of fused-ring (bicyclic) bond motifs is 1. The lowest BCUT2D eigenvalue weighted by Crippen LogP contribution is -2.28. The smallest absolute Gasteiger partial charge is 0.336 e. The molecule has 0 saturated carbocycles. The normalized spacial score (nSPS) is 10.8. The molecule has 0 spiro atoms. The minimum absolute atomic E-state index is 0.0328. The standard InChI is InChI=1S/C24H20ClN3O4/c1-32-16-6-4-5-15(11-16)20-14-28(21-12-22(25)27-13-19(20)21)10-9-26-23(29)17-7-2-3-8-18(17)24(30)31/h2-8,11-14H,9-10H2,1H3,(H,26,29)(H,30,31). The zero-order valence-electron chi connectivity index (χ0n) is 17.2. The predicted molar refractivity (Wildman–Crippen MR) is 122 cm³/mol. The van der Waals surface area contributed by atoms with Gasteiger partial charge in [0.05, 0.1) is 23.8 Å². The lowest BCUT2D eigenvalue weighted by Gasteiger charge is -2.09. The largest absolute Gasteiger partial charge is 0.497 e. The average molecular weight is 450 g/mol. The summed E-state index contributed by atoms with van der Waals surface area (Å²) in [6, 6.07) is 15.6. The van der Waals surface area contributed by atoms with Crippen molar-refractivity contribution in [2.45, 2.75) is 6.54 Å². The molecule has 32 heavy (non-hydrogen) atoms. The number of aromatic carboxylic acids is 1. The molecule has 2 N–H and O–H groups in total. The van der Waals surface area contributed by atoms with Gasteiger partial charge < -0.3 is 19.7 Å². The number of pyridine rings is 1. The molecule has 162 valence electrons. The second-order valence-corrected chi connectivity index (χ2v) is 7.49. The van der Waals surface area contributed by atoms with Gasteiger partial charge >= 0.3 is 5.97 Å². The molecule has 4 rings (SSSR count). The van der Waals surface area contributed by atoms with Crippen LogP contribution in [0.2, 0.25) is 5.15 Å². The van der Waals surface area contributed by atoms with Crippen LogP contribution in [0.4, 0.5) is 0 Å². The number of benzene rings is 2. The summed E-state index contributed by atoms with van der Waals surface area (Å²) >= 11 is 6.14. The van der Waals surface area contributed by atoms with Gasteiger partial charge in [-0.1, -0.05) is 35.9 Å². The number of amides is 1. The van der Waals surface area contributed by atoms with Crippen molar-refractivity contribution < 1.29 is 19.4 Å². The maximum atomic E-state index is 12.5. The Balaban J connectivity index is 1.59. The molecule has 0 aliphatic heterocycles. The Morgan fingerprint density at radius 2 is 1.91 bits per heavy atom. The van der Waals surface area contributed by atoms with Gasteiger partial charge in [-0.15, -0.1) is 0 Å². The van der Waals surface area contributed by atoms with E-state index in [1.807, 2.05) is 35.0 Å². The third-order valence-corrected chi connectivity index (χ3v) is 5.36. The molecule has 0 fully saturated rings. The van der Waals surface area contributed by atoms with Crippen LogP contribution < -0.4 is 10.1 Å². The fraction of sp³-hybridized carbons (Fsp3) is 0.125. The Morgan fingerprint density at radius 1 is 1.12 bits per heavy atom. The van der Waals surface area contributed by atoms with Gasteiger partial charge in [0, 0.05) is 36.4 Å². The van der Waals surface area contributed by atoms with Crippen LogP contribution >= 0.6 is 11.6 Å². The Kier molecular flexibility index (Phi) is 6.09. The SMILES string of the molecule is COc1cccc(-c2cn(CCNC(=O)c3ccccc3C(=O)O)c3cc(Cl)ncc23)c1. The first-order valence-electron chi connectivity index (χ1n) is 9.87. The van der Waals surface area contributed by atoms with E-state index in [1.54, 1.807) is 31.5 Å². The number of nitrogens with one attached hydrogen (secondary N) is 1. The molecule has 0 unspecified atom stereocenters. The van der Waals surface area contributed by atoms with Crippen LogP contribution in [0.15, 0.2) is 67.0 Å². The van der Waals surface area contributed by atoms with E-state index in [0.717, 1.165) is 27.8 Å². The van der Waals surface area contributed by atoms with Gasteiger partial charge in [0.2, 0.25) is 0 Å². The number of rotatable bonds is 7. The number of halogens is 1. The van der Waals surface area contributed by atoms with Gasteiger partial charge in [-0.2, -0.15) is 0 Å². The van der Waals surface area contributed by atoms with Gasteiger partial charge in [0.25, 0.3) is 5.91 Å². The number of carbonyl (C=O) groups excluding carboxylic acids is 1. The number of nitrogens with zero attached hydrogens (tertiary/aromatic N) is 2. The number of carbonyl (C=O) groups is 2. The first-order chi connectivity index (χ1) is 15.5. The molecule has 0 saturated heterocycles. The molecule has 4 aromatic rings. The average Bonchev–Trinajstić information content (AvgIpc) is 3.16. The summed E-state index contributed by atoms with van der Waals surface area (Å²) in [7, 11) is 1.62. The molecule has 0 radical (unpaired) electrons. The van der Waals surface area contributed by atoms with E-state index < -0.39 is 11.9 Å². The molecule has 0 atom stereocenters.